The van der Waals surface area contributed by atoms with E-state index >= 15 is 0 Å². The monoisotopic (exact) mass is 301 g/mol. The van der Waals surface area contributed by atoms with E-state index in [1.54, 1.807) is 6.82 Å². The molecule has 1 heterocycles. The van der Waals surface area contributed by atoms with Crippen molar-refractivity contribution in [3.05, 3.63) is 29.8 Å². The summed E-state index contributed by atoms with van der Waals surface area (Å²) in [5.41, 5.74) is -0.673. The normalized spacial score (nSPS) is 20.3. The Morgan fingerprint density at radius 2 is 2.00 bits per heavy atom. The van der Waals surface area contributed by atoms with Gasteiger partial charge in [0.25, 0.3) is 0 Å². The van der Waals surface area contributed by atoms with Crippen molar-refractivity contribution in [2.45, 2.75) is 25.8 Å². The van der Waals surface area contributed by atoms with Gasteiger partial charge in [-0.15, -0.1) is 0 Å². The van der Waals surface area contributed by atoms with Crippen LogP contribution in [0.1, 0.15) is 18.4 Å². The van der Waals surface area contributed by atoms with Gasteiger partial charge in [-0.3, -0.25) is 0 Å². The molecular formula is C14H19BF3NO2. The molecule has 1 aliphatic heterocycles. The summed E-state index contributed by atoms with van der Waals surface area (Å²) < 4.78 is 42.9. The predicted octanol–water partition coefficient (Wildman–Crippen LogP) is 2.91. The molecule has 0 bridgehead atoms. The molecule has 1 fully saturated rings. The smallest absolute Gasteiger partial charge is 0.416 e. The Bertz CT molecular complexity index is 451. The number of nitrogens with zero attached hydrogens (tertiary/aromatic N) is 1. The molecule has 116 valence electrons. The van der Waals surface area contributed by atoms with Crippen LogP contribution in [0.5, 0.6) is 5.75 Å². The summed E-state index contributed by atoms with van der Waals surface area (Å²) in [6.07, 6.45) is -2.32. The lowest BCUT2D eigenvalue weighted by Crippen LogP contribution is -2.45. The molecule has 1 aliphatic rings. The second-order valence-electron chi connectivity index (χ2n) is 5.47. The van der Waals surface area contributed by atoms with Gasteiger partial charge in [0.1, 0.15) is 5.75 Å². The fourth-order valence-corrected chi connectivity index (χ4v) is 2.53. The van der Waals surface area contributed by atoms with Crippen molar-refractivity contribution in [1.29, 1.82) is 0 Å². The minimum atomic E-state index is -4.32. The van der Waals surface area contributed by atoms with Crippen LogP contribution in [-0.2, 0) is 6.18 Å². The van der Waals surface area contributed by atoms with Gasteiger partial charge >= 0.3 is 13.2 Å². The highest BCUT2D eigenvalue weighted by molar-refractivity contribution is 6.45. The van der Waals surface area contributed by atoms with E-state index in [4.69, 9.17) is 4.74 Å². The van der Waals surface area contributed by atoms with Crippen LogP contribution < -0.4 is 4.74 Å². The van der Waals surface area contributed by atoms with Crippen molar-refractivity contribution in [3.63, 3.8) is 0 Å². The molecule has 1 saturated heterocycles. The van der Waals surface area contributed by atoms with E-state index in [1.807, 2.05) is 4.81 Å². The van der Waals surface area contributed by atoms with Crippen LogP contribution in [0.2, 0.25) is 6.82 Å². The highest BCUT2D eigenvalue weighted by Gasteiger charge is 2.30. The molecule has 0 amide bonds. The first kappa shape index (κ1) is 16.2. The van der Waals surface area contributed by atoms with Crippen LogP contribution in [0.15, 0.2) is 24.3 Å². The summed E-state index contributed by atoms with van der Waals surface area (Å²) in [6, 6.07) is 4.74. The number of alkyl halides is 3. The standard InChI is InChI=1S/C14H19BF3NO2/c1-15(20)19-8-2-3-11(9-19)10-21-13-6-4-12(5-7-13)14(16,17)18/h4-7,11,20H,2-3,8-10H2,1H3. The quantitative estimate of drug-likeness (QED) is 0.868. The van der Waals surface area contributed by atoms with E-state index < -0.39 is 18.8 Å². The Hall–Kier alpha value is -1.21. The van der Waals surface area contributed by atoms with E-state index in [9.17, 15) is 18.2 Å². The zero-order valence-electron chi connectivity index (χ0n) is 11.9. The Morgan fingerprint density at radius 3 is 2.57 bits per heavy atom. The first-order valence-electron chi connectivity index (χ1n) is 7.08. The highest BCUT2D eigenvalue weighted by atomic mass is 19.4. The molecule has 1 aromatic rings. The molecule has 3 nitrogen and oxygen atoms in total. The fourth-order valence-electron chi connectivity index (χ4n) is 2.53. The van der Waals surface area contributed by atoms with Crippen molar-refractivity contribution in [2.24, 2.45) is 5.92 Å². The summed E-state index contributed by atoms with van der Waals surface area (Å²) in [4.78, 5) is 1.98. The Labute approximate surface area is 122 Å². The molecule has 1 unspecified atom stereocenters. The van der Waals surface area contributed by atoms with Crippen molar-refractivity contribution in [3.8, 4) is 5.75 Å². The highest BCUT2D eigenvalue weighted by Crippen LogP contribution is 2.30. The number of halogens is 3. The molecule has 0 saturated carbocycles. The molecule has 1 N–H and O–H groups in total. The van der Waals surface area contributed by atoms with E-state index in [0.717, 1.165) is 38.1 Å². The van der Waals surface area contributed by atoms with Gasteiger partial charge in [0.2, 0.25) is 0 Å². The summed E-state index contributed by atoms with van der Waals surface area (Å²) in [6.45, 7) is 3.81. The van der Waals surface area contributed by atoms with Crippen molar-refractivity contribution >= 4 is 7.05 Å². The maximum absolute atomic E-state index is 12.4. The van der Waals surface area contributed by atoms with Crippen LogP contribution in [0.3, 0.4) is 0 Å². The number of hydrogen-bond donors (Lipinski definition) is 1. The van der Waals surface area contributed by atoms with Crippen LogP contribution in [0.25, 0.3) is 0 Å². The average Bonchev–Trinajstić information content (AvgIpc) is 2.45. The number of piperidine rings is 1. The number of ether oxygens (including phenoxy) is 1. The minimum absolute atomic E-state index is 0.288. The van der Waals surface area contributed by atoms with Crippen LogP contribution in [0.4, 0.5) is 13.2 Å². The first-order valence-corrected chi connectivity index (χ1v) is 7.08. The van der Waals surface area contributed by atoms with Crippen LogP contribution in [-0.4, -0.2) is 36.6 Å². The third-order valence-electron chi connectivity index (χ3n) is 3.75. The number of hydrogen-bond acceptors (Lipinski definition) is 3. The molecule has 0 aliphatic carbocycles. The van der Waals surface area contributed by atoms with Gasteiger partial charge in [0, 0.05) is 5.92 Å². The second-order valence-corrected chi connectivity index (χ2v) is 5.47. The maximum Gasteiger partial charge on any atom is 0.416 e. The largest absolute Gasteiger partial charge is 0.493 e. The summed E-state index contributed by atoms with van der Waals surface area (Å²) in [7, 11) is -0.473. The van der Waals surface area contributed by atoms with Gasteiger partial charge < -0.3 is 14.6 Å². The molecule has 7 heteroatoms. The SMILES string of the molecule is CB(O)N1CCCC(COc2ccc(C(F)(F)F)cc2)C1. The Kier molecular flexibility index (Phi) is 5.16. The number of benzene rings is 1. The van der Waals surface area contributed by atoms with Gasteiger partial charge in [0.05, 0.1) is 12.2 Å². The van der Waals surface area contributed by atoms with Gasteiger partial charge in [-0.2, -0.15) is 13.2 Å². The lowest BCUT2D eigenvalue weighted by molar-refractivity contribution is -0.137. The molecule has 21 heavy (non-hydrogen) atoms. The molecule has 0 spiro atoms. The van der Waals surface area contributed by atoms with Crippen molar-refractivity contribution in [1.82, 2.24) is 4.81 Å². The topological polar surface area (TPSA) is 32.7 Å². The lowest BCUT2D eigenvalue weighted by Gasteiger charge is -2.33. The zero-order valence-corrected chi connectivity index (χ0v) is 11.9. The molecule has 1 atom stereocenters. The van der Waals surface area contributed by atoms with Crippen molar-refractivity contribution < 1.29 is 22.9 Å². The first-order chi connectivity index (χ1) is 9.86. The summed E-state index contributed by atoms with van der Waals surface area (Å²) in [5, 5.41) is 9.57. The zero-order chi connectivity index (χ0) is 15.5. The van der Waals surface area contributed by atoms with E-state index in [1.165, 1.54) is 12.1 Å². The fraction of sp³-hybridized carbons (Fsp3) is 0.571. The average molecular weight is 301 g/mol. The van der Waals surface area contributed by atoms with Crippen LogP contribution >= 0.6 is 0 Å². The van der Waals surface area contributed by atoms with Crippen molar-refractivity contribution in [2.75, 3.05) is 19.7 Å². The van der Waals surface area contributed by atoms with E-state index in [-0.39, 0.29) is 5.92 Å². The minimum Gasteiger partial charge on any atom is -0.493 e. The van der Waals surface area contributed by atoms with Gasteiger partial charge in [-0.05, 0) is 57.0 Å². The molecule has 2 rings (SSSR count). The molecule has 0 radical (unpaired) electrons. The Morgan fingerprint density at radius 1 is 1.33 bits per heavy atom. The molecule has 1 aromatic carbocycles. The van der Waals surface area contributed by atoms with Gasteiger partial charge in [-0.25, -0.2) is 0 Å². The van der Waals surface area contributed by atoms with E-state index in [0.29, 0.717) is 12.4 Å². The lowest BCUT2D eigenvalue weighted by atomic mass is 9.81. The second kappa shape index (κ2) is 6.70. The third-order valence-corrected chi connectivity index (χ3v) is 3.75. The maximum atomic E-state index is 12.4. The summed E-state index contributed by atoms with van der Waals surface area (Å²) in [5.74, 6) is 0.729. The van der Waals surface area contributed by atoms with Gasteiger partial charge in [0.15, 0.2) is 0 Å². The number of rotatable bonds is 4. The predicted molar refractivity (Wildman–Crippen MR) is 75.1 cm³/mol. The molecular weight excluding hydrogens is 282 g/mol. The van der Waals surface area contributed by atoms with Gasteiger partial charge in [-0.1, -0.05) is 0 Å². The Balaban J connectivity index is 1.85. The molecule has 0 aromatic heterocycles. The van der Waals surface area contributed by atoms with E-state index in [2.05, 4.69) is 0 Å². The third kappa shape index (κ3) is 4.64. The summed E-state index contributed by atoms with van der Waals surface area (Å²) >= 11 is 0. The van der Waals surface area contributed by atoms with Crippen LogP contribution in [0, 0.1) is 5.92 Å².